The van der Waals surface area contributed by atoms with E-state index in [1.54, 1.807) is 17.0 Å². The fourth-order valence-corrected chi connectivity index (χ4v) is 2.01. The monoisotopic (exact) mass is 283 g/mol. The summed E-state index contributed by atoms with van der Waals surface area (Å²) in [5.41, 5.74) is 1.80. The molecule has 0 atom stereocenters. The summed E-state index contributed by atoms with van der Waals surface area (Å²) >= 11 is 0. The van der Waals surface area contributed by atoms with Gasteiger partial charge in [-0.05, 0) is 18.1 Å². The molecule has 0 fully saturated rings. The third-order valence-electron chi connectivity index (χ3n) is 3.12. The molecule has 0 bridgehead atoms. The molecule has 21 heavy (non-hydrogen) atoms. The number of carbonyl (C=O) groups is 1. The smallest absolute Gasteiger partial charge is 0.321 e. The van der Waals surface area contributed by atoms with Crippen LogP contribution in [0.25, 0.3) is 0 Å². The van der Waals surface area contributed by atoms with Gasteiger partial charge in [0.1, 0.15) is 0 Å². The Morgan fingerprint density at radius 2 is 1.86 bits per heavy atom. The quantitative estimate of drug-likeness (QED) is 0.856. The summed E-state index contributed by atoms with van der Waals surface area (Å²) in [6.45, 7) is 0.815. The molecule has 2 aromatic rings. The second kappa shape index (κ2) is 8.07. The fraction of sp³-hybridized carbons (Fsp3) is 0.235. The second-order valence-electron chi connectivity index (χ2n) is 4.65. The van der Waals surface area contributed by atoms with E-state index >= 15 is 0 Å². The number of nitrogens with one attached hydrogen (secondary N) is 1. The number of benzene rings is 2. The van der Waals surface area contributed by atoms with Crippen LogP contribution in [0.5, 0.6) is 0 Å². The van der Waals surface area contributed by atoms with Gasteiger partial charge >= 0.3 is 6.03 Å². The number of aliphatic hydroxyl groups excluding tert-OH is 1. The molecular weight excluding hydrogens is 264 g/mol. The van der Waals surface area contributed by atoms with E-state index in [1.165, 1.54) is 5.56 Å². The number of anilines is 1. The normalized spacial score (nSPS) is 10.1. The molecule has 0 spiro atoms. The van der Waals surface area contributed by atoms with Gasteiger partial charge in [0.05, 0.1) is 12.3 Å². The third-order valence-corrected chi connectivity index (χ3v) is 3.12. The Balaban J connectivity index is 1.93. The standard InChI is InChI=1S/C17H19N2O2/c20-14-13-19(12-11-15-7-3-1-4-8-15)17(21)18-16-9-5-2-6-10-16/h1-9,20H,11-14H2,(H,18,21). The van der Waals surface area contributed by atoms with Gasteiger partial charge in [-0.1, -0.05) is 48.5 Å². The minimum atomic E-state index is -0.220. The van der Waals surface area contributed by atoms with E-state index in [2.05, 4.69) is 11.4 Å². The van der Waals surface area contributed by atoms with Gasteiger partial charge in [0.2, 0.25) is 0 Å². The molecule has 4 nitrogen and oxygen atoms in total. The lowest BCUT2D eigenvalue weighted by Gasteiger charge is -2.22. The third kappa shape index (κ3) is 4.93. The van der Waals surface area contributed by atoms with Crippen molar-refractivity contribution in [2.45, 2.75) is 6.42 Å². The number of urea groups is 1. The van der Waals surface area contributed by atoms with Crippen molar-refractivity contribution in [3.05, 3.63) is 66.2 Å². The van der Waals surface area contributed by atoms with E-state index in [4.69, 9.17) is 5.11 Å². The lowest BCUT2D eigenvalue weighted by molar-refractivity contribution is 0.189. The zero-order valence-electron chi connectivity index (χ0n) is 11.8. The van der Waals surface area contributed by atoms with Crippen molar-refractivity contribution < 1.29 is 9.90 Å². The van der Waals surface area contributed by atoms with E-state index in [0.717, 1.165) is 6.42 Å². The zero-order valence-corrected chi connectivity index (χ0v) is 11.8. The number of rotatable bonds is 6. The van der Waals surface area contributed by atoms with Gasteiger partial charge < -0.3 is 15.3 Å². The van der Waals surface area contributed by atoms with Gasteiger partial charge in [0, 0.05) is 19.2 Å². The summed E-state index contributed by atoms with van der Waals surface area (Å²) in [6.07, 6.45) is 0.757. The number of hydrogen-bond acceptors (Lipinski definition) is 2. The Kier molecular flexibility index (Phi) is 5.79. The number of para-hydroxylation sites is 1. The largest absolute Gasteiger partial charge is 0.395 e. The maximum Gasteiger partial charge on any atom is 0.321 e. The van der Waals surface area contributed by atoms with Crippen LogP contribution >= 0.6 is 0 Å². The van der Waals surface area contributed by atoms with Crippen LogP contribution in [-0.4, -0.2) is 35.7 Å². The van der Waals surface area contributed by atoms with Gasteiger partial charge in [-0.2, -0.15) is 0 Å². The van der Waals surface area contributed by atoms with Crippen molar-refractivity contribution >= 4 is 11.7 Å². The van der Waals surface area contributed by atoms with Crippen LogP contribution in [0, 0.1) is 6.07 Å². The number of carbonyl (C=O) groups excluding carboxylic acids is 1. The SMILES string of the molecule is O=C(Nc1[c]cccc1)N(CCO)CCc1ccccc1. The fourth-order valence-electron chi connectivity index (χ4n) is 2.01. The van der Waals surface area contributed by atoms with E-state index in [-0.39, 0.29) is 12.6 Å². The molecule has 4 heteroatoms. The highest BCUT2D eigenvalue weighted by molar-refractivity contribution is 5.89. The van der Waals surface area contributed by atoms with E-state index in [0.29, 0.717) is 18.8 Å². The lowest BCUT2D eigenvalue weighted by Crippen LogP contribution is -2.38. The molecule has 109 valence electrons. The highest BCUT2D eigenvalue weighted by Gasteiger charge is 2.12. The van der Waals surface area contributed by atoms with Gasteiger partial charge in [0.15, 0.2) is 0 Å². The highest BCUT2D eigenvalue weighted by atomic mass is 16.3. The van der Waals surface area contributed by atoms with Crippen LogP contribution in [0.1, 0.15) is 5.56 Å². The van der Waals surface area contributed by atoms with Crippen LogP contribution in [0.15, 0.2) is 54.6 Å². The Labute approximate surface area is 125 Å². The first-order valence-corrected chi connectivity index (χ1v) is 6.97. The summed E-state index contributed by atoms with van der Waals surface area (Å²) in [5.74, 6) is 0. The van der Waals surface area contributed by atoms with Crippen LogP contribution < -0.4 is 5.32 Å². The van der Waals surface area contributed by atoms with Crippen LogP contribution in [0.2, 0.25) is 0 Å². The van der Waals surface area contributed by atoms with Gasteiger partial charge in [-0.15, -0.1) is 0 Å². The molecule has 2 aromatic carbocycles. The van der Waals surface area contributed by atoms with Crippen LogP contribution in [0.3, 0.4) is 0 Å². The molecule has 0 saturated heterocycles. The molecule has 0 aliphatic heterocycles. The van der Waals surface area contributed by atoms with Crippen LogP contribution in [0.4, 0.5) is 10.5 Å². The molecule has 2 N–H and O–H groups in total. The van der Waals surface area contributed by atoms with Crippen LogP contribution in [-0.2, 0) is 6.42 Å². The molecule has 0 unspecified atom stereocenters. The molecule has 2 amide bonds. The molecule has 2 rings (SSSR count). The van der Waals surface area contributed by atoms with Gasteiger partial charge in [0.25, 0.3) is 0 Å². The number of hydrogen-bond donors (Lipinski definition) is 2. The maximum atomic E-state index is 12.2. The topological polar surface area (TPSA) is 52.6 Å². The lowest BCUT2D eigenvalue weighted by atomic mass is 10.1. The van der Waals surface area contributed by atoms with E-state index < -0.39 is 0 Å². The highest BCUT2D eigenvalue weighted by Crippen LogP contribution is 2.07. The van der Waals surface area contributed by atoms with Gasteiger partial charge in [-0.3, -0.25) is 0 Å². The number of nitrogens with zero attached hydrogens (tertiary/aromatic N) is 1. The first-order chi connectivity index (χ1) is 10.3. The number of aliphatic hydroxyl groups is 1. The van der Waals surface area contributed by atoms with E-state index in [9.17, 15) is 4.79 Å². The van der Waals surface area contributed by atoms with Crippen molar-refractivity contribution in [2.24, 2.45) is 0 Å². The van der Waals surface area contributed by atoms with Crippen molar-refractivity contribution in [2.75, 3.05) is 25.0 Å². The molecule has 0 aliphatic rings. The predicted molar refractivity (Wildman–Crippen MR) is 83.1 cm³/mol. The molecule has 0 heterocycles. The minimum Gasteiger partial charge on any atom is -0.395 e. The van der Waals surface area contributed by atoms with Crippen molar-refractivity contribution in [1.29, 1.82) is 0 Å². The first-order valence-electron chi connectivity index (χ1n) is 6.97. The first kappa shape index (κ1) is 15.1. The molecule has 1 radical (unpaired) electrons. The summed E-state index contributed by atoms with van der Waals surface area (Å²) in [5, 5.41) is 11.9. The average Bonchev–Trinajstić information content (AvgIpc) is 2.53. The predicted octanol–water partition coefficient (Wildman–Crippen LogP) is 2.56. The van der Waals surface area contributed by atoms with Crippen molar-refractivity contribution in [3.8, 4) is 0 Å². The molecule has 0 aromatic heterocycles. The van der Waals surface area contributed by atoms with Crippen molar-refractivity contribution in [1.82, 2.24) is 4.90 Å². The Morgan fingerprint density at radius 3 is 2.52 bits per heavy atom. The minimum absolute atomic E-state index is 0.0548. The summed E-state index contributed by atoms with van der Waals surface area (Å²) in [4.78, 5) is 13.8. The Morgan fingerprint density at radius 1 is 1.10 bits per heavy atom. The average molecular weight is 283 g/mol. The zero-order chi connectivity index (χ0) is 14.9. The summed E-state index contributed by atoms with van der Waals surface area (Å²) < 4.78 is 0. The summed E-state index contributed by atoms with van der Waals surface area (Å²) in [6, 6.07) is 19.9. The molecule has 0 aliphatic carbocycles. The summed E-state index contributed by atoms with van der Waals surface area (Å²) in [7, 11) is 0. The second-order valence-corrected chi connectivity index (χ2v) is 4.65. The molecular formula is C17H19N2O2. The van der Waals surface area contributed by atoms with Gasteiger partial charge in [-0.25, -0.2) is 4.79 Å². The Bertz CT molecular complexity index is 543. The molecule has 0 saturated carbocycles. The Hall–Kier alpha value is -2.33. The van der Waals surface area contributed by atoms with Crippen molar-refractivity contribution in [3.63, 3.8) is 0 Å². The maximum absolute atomic E-state index is 12.2. The van der Waals surface area contributed by atoms with E-state index in [1.807, 2.05) is 42.5 Å². The number of amides is 2.